The van der Waals surface area contributed by atoms with E-state index < -0.39 is 71.6 Å². The maximum atomic E-state index is 14.4. The molecule has 0 spiro atoms. The molecule has 0 aliphatic carbocycles. The fraction of sp³-hybridized carbons (Fsp3) is 0.352. The Morgan fingerprint density at radius 2 is 1.35 bits per heavy atom. The average molecular weight is 996 g/mol. The number of hydrogen-bond donors (Lipinski definition) is 3. The number of rotatable bonds is 17. The van der Waals surface area contributed by atoms with Crippen LogP contribution < -0.4 is 35.5 Å². The van der Waals surface area contributed by atoms with E-state index >= 15 is 0 Å². The summed E-state index contributed by atoms with van der Waals surface area (Å²) >= 11 is 0. The van der Waals surface area contributed by atoms with Crippen LogP contribution in [0.15, 0.2) is 143 Å². The van der Waals surface area contributed by atoms with Crippen LogP contribution in [0.3, 0.4) is 0 Å². The first-order chi connectivity index (χ1) is 33.5. The van der Waals surface area contributed by atoms with E-state index in [1.54, 1.807) is 21.3 Å². The number of anilines is 1. The van der Waals surface area contributed by atoms with Gasteiger partial charge in [-0.15, -0.1) is 0 Å². The number of ether oxygens (including phenoxy) is 6. The Morgan fingerprint density at radius 1 is 0.803 bits per heavy atom. The van der Waals surface area contributed by atoms with E-state index in [1.165, 1.54) is 42.0 Å². The van der Waals surface area contributed by atoms with E-state index in [0.29, 0.717) is 17.2 Å². The van der Waals surface area contributed by atoms with E-state index in [-0.39, 0.29) is 30.0 Å². The zero-order valence-corrected chi connectivity index (χ0v) is 42.2. The first-order valence-corrected chi connectivity index (χ1v) is 26.0. The molecule has 17 heteroatoms. The van der Waals surface area contributed by atoms with E-state index in [0.717, 1.165) is 22.3 Å². The van der Waals surface area contributed by atoms with E-state index in [9.17, 15) is 32.7 Å². The van der Waals surface area contributed by atoms with Gasteiger partial charge in [-0.2, -0.15) is 13.2 Å². The van der Waals surface area contributed by atoms with E-state index in [1.807, 2.05) is 108 Å². The lowest BCUT2D eigenvalue weighted by atomic mass is 9.63. The number of aromatic amines is 1. The molecule has 0 saturated carbocycles. The molecule has 1 fully saturated rings. The minimum Gasteiger partial charge on any atom is -0.497 e. The quantitative estimate of drug-likeness (QED) is 0.0594. The normalized spacial score (nSPS) is 18.9. The monoisotopic (exact) mass is 995 g/mol. The highest BCUT2D eigenvalue weighted by Gasteiger charge is 2.70. The second-order valence-electron chi connectivity index (χ2n) is 19.4. The summed E-state index contributed by atoms with van der Waals surface area (Å²) in [7, 11) is 1.48. The fourth-order valence-corrected chi connectivity index (χ4v) is 12.4. The number of H-pyrrole nitrogens is 1. The molecule has 5 aromatic carbocycles. The third kappa shape index (κ3) is 10.1. The number of carbonyl (C=O) groups is 1. The average Bonchev–Trinajstić information content (AvgIpc) is 3.67. The first-order valence-electron chi connectivity index (χ1n) is 23.0. The molecule has 376 valence electrons. The van der Waals surface area contributed by atoms with Gasteiger partial charge in [0.05, 0.1) is 46.6 Å². The molecule has 1 aliphatic rings. The lowest BCUT2D eigenvalue weighted by molar-refractivity contribution is -0.182. The summed E-state index contributed by atoms with van der Waals surface area (Å²) in [6, 6.07) is 37.6. The summed E-state index contributed by atoms with van der Waals surface area (Å²) in [5.74, 6) is -0.237. The third-order valence-electron chi connectivity index (χ3n) is 14.3. The van der Waals surface area contributed by atoms with Crippen molar-refractivity contribution >= 4 is 19.7 Å². The van der Waals surface area contributed by atoms with Gasteiger partial charge < -0.3 is 38.8 Å². The van der Waals surface area contributed by atoms with Crippen LogP contribution in [0, 0.1) is 6.92 Å². The smallest absolute Gasteiger partial charge is 0.471 e. The Labute approximate surface area is 411 Å². The number of aromatic nitrogens is 2. The van der Waals surface area contributed by atoms with Crippen molar-refractivity contribution in [3.05, 3.63) is 182 Å². The maximum Gasteiger partial charge on any atom is 0.471 e. The number of hydrogen-bond acceptors (Lipinski definition) is 10. The minimum atomic E-state index is -5.12. The van der Waals surface area contributed by atoms with Crippen molar-refractivity contribution in [3.63, 3.8) is 0 Å². The van der Waals surface area contributed by atoms with Crippen molar-refractivity contribution in [1.82, 2.24) is 9.55 Å². The summed E-state index contributed by atoms with van der Waals surface area (Å²) in [6.07, 6.45) is -6.52. The van der Waals surface area contributed by atoms with Crippen LogP contribution in [-0.2, 0) is 32.0 Å². The molecule has 0 radical (unpaired) electrons. The van der Waals surface area contributed by atoms with Gasteiger partial charge in [0.25, 0.3) is 5.56 Å². The molecular formula is C54H60F3N3O10Si. The van der Waals surface area contributed by atoms with Gasteiger partial charge in [0.1, 0.15) is 41.8 Å². The highest BCUT2D eigenvalue weighted by Crippen LogP contribution is 2.58. The van der Waals surface area contributed by atoms with E-state index in [4.69, 9.17) is 28.4 Å². The Hall–Kier alpha value is -6.66. The molecule has 1 aromatic heterocycles. The number of halogens is 3. The predicted octanol–water partition coefficient (Wildman–Crippen LogP) is 9.29. The number of methoxy groups -OCH3 is 3. The molecule has 1 saturated heterocycles. The molecule has 3 N–H and O–H groups in total. The van der Waals surface area contributed by atoms with Crippen molar-refractivity contribution in [2.45, 2.75) is 93.6 Å². The second-order valence-corrected chi connectivity index (χ2v) is 25.0. The molecule has 0 bridgehead atoms. The number of alkyl halides is 3. The summed E-state index contributed by atoms with van der Waals surface area (Å²) in [6.45, 7) is 11.4. The molecule has 7 rings (SSSR count). The summed E-state index contributed by atoms with van der Waals surface area (Å²) in [5.41, 5.74) is -1.76. The van der Waals surface area contributed by atoms with Gasteiger partial charge in [0.15, 0.2) is 5.72 Å². The number of amides is 1. The summed E-state index contributed by atoms with van der Waals surface area (Å²) < 4.78 is 79.3. The van der Waals surface area contributed by atoms with Crippen LogP contribution in [0.25, 0.3) is 0 Å². The van der Waals surface area contributed by atoms with Gasteiger partial charge in [0.2, 0.25) is 0 Å². The number of nitrogens with zero attached hydrogens (tertiary/aromatic N) is 1. The highest BCUT2D eigenvalue weighted by atomic mass is 28.3. The Balaban J connectivity index is 1.54. The largest absolute Gasteiger partial charge is 0.497 e. The second kappa shape index (κ2) is 20.2. The number of carbonyl (C=O) groups excluding carboxylic acids is 1. The summed E-state index contributed by atoms with van der Waals surface area (Å²) in [5, 5.41) is 13.9. The number of aliphatic hydroxyl groups is 1. The molecule has 4 atom stereocenters. The SMILES string of the molecule is COc1ccc(C(c2ccccc2)(c2ccc(OC)cc2)C(OCc2cccc(OC)c2)[C@H]2O[C@@](COc3ccc(NC(=O)C(F)(F)F)cc3)(n3cc(C)c(=O)[nH]c3=O)C[C@@]2(O)[Si](C)(C)C(C)(C)C)cc1. The zero-order valence-electron chi connectivity index (χ0n) is 41.2. The topological polar surface area (TPSA) is 160 Å². The fourth-order valence-electron chi connectivity index (χ4n) is 9.42. The van der Waals surface area contributed by atoms with Crippen molar-refractivity contribution < 1.29 is 51.5 Å². The van der Waals surface area contributed by atoms with Crippen LogP contribution in [0.5, 0.6) is 23.0 Å². The first kappa shape index (κ1) is 52.2. The van der Waals surface area contributed by atoms with Crippen LogP contribution in [0.1, 0.15) is 55.0 Å². The van der Waals surface area contributed by atoms with Gasteiger partial charge in [-0.05, 0) is 94.9 Å². The van der Waals surface area contributed by atoms with Gasteiger partial charge in [-0.1, -0.05) is 101 Å². The zero-order chi connectivity index (χ0) is 51.6. The third-order valence-corrected chi connectivity index (χ3v) is 20.7. The number of nitrogens with one attached hydrogen (secondary N) is 2. The maximum absolute atomic E-state index is 14.4. The standard InChI is InChI=1S/C54H60F3N3O10Si/c1-35-31-60(49(63)59-47(35)61)51(34-69-43-28-22-40(23-29-43)58-48(62)54(55,56)57)33-52(64,71(8,9)50(2,3)4)45(70-51)46(68-32-36-14-13-17-44(30-36)67-7)53(37-15-11-10-12-16-37,38-18-24-41(65-5)25-19-38)39-20-26-42(66-6)27-21-39/h10-31,45-46,64H,32-34H2,1-9H3,(H,58,62)(H,59,61,63)/t45-,46?,51+,52-/m1/s1. The molecule has 1 aliphatic heterocycles. The molecule has 1 unspecified atom stereocenters. The molecular weight excluding hydrogens is 936 g/mol. The molecule has 6 aromatic rings. The van der Waals surface area contributed by atoms with Crippen LogP contribution >= 0.6 is 0 Å². The Kier molecular flexibility index (Phi) is 14.9. The van der Waals surface area contributed by atoms with E-state index in [2.05, 4.69) is 38.8 Å². The van der Waals surface area contributed by atoms with Gasteiger partial charge in [0, 0.05) is 23.9 Å². The Bertz CT molecular complexity index is 2880. The van der Waals surface area contributed by atoms with Gasteiger partial charge >= 0.3 is 17.8 Å². The van der Waals surface area contributed by atoms with Crippen LogP contribution in [0.4, 0.5) is 18.9 Å². The molecule has 1 amide bonds. The highest BCUT2D eigenvalue weighted by molar-refractivity contribution is 6.83. The minimum absolute atomic E-state index is 0.0192. The molecule has 2 heterocycles. The molecule has 13 nitrogen and oxygen atoms in total. The Morgan fingerprint density at radius 3 is 1.89 bits per heavy atom. The van der Waals surface area contributed by atoms with Gasteiger partial charge in [-0.3, -0.25) is 19.1 Å². The molecule has 71 heavy (non-hydrogen) atoms. The van der Waals surface area contributed by atoms with Crippen molar-refractivity contribution in [2.75, 3.05) is 33.3 Å². The number of aryl methyl sites for hydroxylation is 1. The lowest BCUT2D eigenvalue weighted by Crippen LogP contribution is -2.68. The predicted molar refractivity (Wildman–Crippen MR) is 266 cm³/mol. The van der Waals surface area contributed by atoms with Crippen LogP contribution in [-0.4, -0.2) is 80.2 Å². The van der Waals surface area contributed by atoms with Crippen molar-refractivity contribution in [1.29, 1.82) is 0 Å². The number of benzene rings is 5. The van der Waals surface area contributed by atoms with Crippen LogP contribution in [0.2, 0.25) is 18.1 Å². The van der Waals surface area contributed by atoms with Crippen molar-refractivity contribution in [3.8, 4) is 23.0 Å². The lowest BCUT2D eigenvalue weighted by Gasteiger charge is -2.53. The van der Waals surface area contributed by atoms with Crippen molar-refractivity contribution in [2.24, 2.45) is 0 Å². The van der Waals surface area contributed by atoms with Gasteiger partial charge in [-0.25, -0.2) is 4.79 Å². The summed E-state index contributed by atoms with van der Waals surface area (Å²) in [4.78, 5) is 41.7.